The van der Waals surface area contributed by atoms with Gasteiger partial charge >= 0.3 is 0 Å². The summed E-state index contributed by atoms with van der Waals surface area (Å²) < 4.78 is 36.4. The third-order valence-electron chi connectivity index (χ3n) is 2.49. The van der Waals surface area contributed by atoms with Crippen molar-refractivity contribution >= 4 is 15.8 Å². The average molecular weight is 289 g/mol. The van der Waals surface area contributed by atoms with Gasteiger partial charge in [0.2, 0.25) is 10.0 Å². The van der Waals surface area contributed by atoms with E-state index >= 15 is 0 Å². The van der Waals surface area contributed by atoms with Crippen LogP contribution in [0.25, 0.3) is 0 Å². The summed E-state index contributed by atoms with van der Waals surface area (Å²) in [5.41, 5.74) is 0. The Hall–Kier alpha value is -1.22. The van der Waals surface area contributed by atoms with Crippen molar-refractivity contribution in [3.8, 4) is 0 Å². The molecule has 1 heterocycles. The lowest BCUT2D eigenvalue weighted by Gasteiger charge is -2.15. The second-order valence-corrected chi connectivity index (χ2v) is 5.56. The van der Waals surface area contributed by atoms with Gasteiger partial charge in [0.25, 0.3) is 0 Å². The van der Waals surface area contributed by atoms with Gasteiger partial charge in [0.05, 0.1) is 12.7 Å². The molecule has 0 bridgehead atoms. The molecule has 0 radical (unpaired) electrons. The van der Waals surface area contributed by atoms with Crippen LogP contribution in [0, 0.1) is 0 Å². The first-order chi connectivity index (χ1) is 9.03. The molecule has 1 aromatic heterocycles. The third-order valence-corrected chi connectivity index (χ3v) is 3.90. The van der Waals surface area contributed by atoms with E-state index in [0.717, 1.165) is 0 Å². The maximum atomic E-state index is 12.0. The Morgan fingerprint density at radius 1 is 1.37 bits per heavy atom. The van der Waals surface area contributed by atoms with Gasteiger partial charge in [-0.2, -0.15) is 0 Å². The molecular formula is C11H19N3O4S. The molecule has 0 saturated carbocycles. The summed E-state index contributed by atoms with van der Waals surface area (Å²) in [4.78, 5) is 4.07. The smallest absolute Gasteiger partial charge is 0.242 e. The largest absolute Gasteiger partial charge is 0.382 e. The second-order valence-electron chi connectivity index (χ2n) is 3.79. The normalized spacial score (nSPS) is 13.2. The first-order valence-corrected chi connectivity index (χ1v) is 7.17. The van der Waals surface area contributed by atoms with E-state index in [0.29, 0.717) is 12.4 Å². The monoisotopic (exact) mass is 289 g/mol. The van der Waals surface area contributed by atoms with E-state index in [9.17, 15) is 8.42 Å². The molecule has 0 fully saturated rings. The number of pyridine rings is 1. The lowest BCUT2D eigenvalue weighted by molar-refractivity contribution is 0.0320. The zero-order chi connectivity index (χ0) is 14.3. The Morgan fingerprint density at radius 2 is 2.11 bits per heavy atom. The van der Waals surface area contributed by atoms with Gasteiger partial charge in [-0.15, -0.1) is 0 Å². The molecule has 0 spiro atoms. The van der Waals surface area contributed by atoms with Crippen LogP contribution >= 0.6 is 0 Å². The maximum absolute atomic E-state index is 12.0. The van der Waals surface area contributed by atoms with Crippen molar-refractivity contribution in [1.82, 2.24) is 9.71 Å². The summed E-state index contributed by atoms with van der Waals surface area (Å²) in [5.74, 6) is 0.605. The molecule has 0 aliphatic carbocycles. The summed E-state index contributed by atoms with van der Waals surface area (Å²) in [7, 11) is 1.16. The SMILES string of the molecule is CNc1ccc(S(=O)(=O)NCC(COC)OC)cn1. The van der Waals surface area contributed by atoms with E-state index in [-0.39, 0.29) is 17.5 Å². The van der Waals surface area contributed by atoms with Gasteiger partial charge < -0.3 is 14.8 Å². The third kappa shape index (κ3) is 4.75. The van der Waals surface area contributed by atoms with Gasteiger partial charge in [-0.3, -0.25) is 0 Å². The van der Waals surface area contributed by atoms with Crippen LogP contribution in [0.1, 0.15) is 0 Å². The molecule has 8 heteroatoms. The van der Waals surface area contributed by atoms with Gasteiger partial charge in [-0.05, 0) is 12.1 Å². The number of hydrogen-bond donors (Lipinski definition) is 2. The minimum atomic E-state index is -3.58. The molecule has 108 valence electrons. The number of ether oxygens (including phenoxy) is 2. The molecule has 19 heavy (non-hydrogen) atoms. The van der Waals surface area contributed by atoms with Crippen LogP contribution in [0.2, 0.25) is 0 Å². The Labute approximate surface area is 113 Å². The topological polar surface area (TPSA) is 89.6 Å². The molecule has 0 aromatic carbocycles. The van der Waals surface area contributed by atoms with Gasteiger partial charge in [0, 0.05) is 34.0 Å². The predicted molar refractivity (Wildman–Crippen MR) is 71.6 cm³/mol. The molecule has 0 saturated heterocycles. The van der Waals surface area contributed by atoms with Crippen LogP contribution in [-0.2, 0) is 19.5 Å². The van der Waals surface area contributed by atoms with Crippen molar-refractivity contribution in [3.63, 3.8) is 0 Å². The Bertz CT molecular complexity index is 475. The fourth-order valence-electron chi connectivity index (χ4n) is 1.37. The lowest BCUT2D eigenvalue weighted by atomic mass is 10.4. The van der Waals surface area contributed by atoms with Crippen molar-refractivity contribution in [2.75, 3.05) is 39.7 Å². The highest BCUT2D eigenvalue weighted by Crippen LogP contribution is 2.10. The molecule has 1 rings (SSSR count). The zero-order valence-corrected chi connectivity index (χ0v) is 12.0. The second kappa shape index (κ2) is 7.39. The van der Waals surface area contributed by atoms with Crippen LogP contribution in [0.3, 0.4) is 0 Å². The van der Waals surface area contributed by atoms with Gasteiger partial charge in [0.1, 0.15) is 10.7 Å². The van der Waals surface area contributed by atoms with E-state index in [1.165, 1.54) is 26.5 Å². The van der Waals surface area contributed by atoms with Crippen LogP contribution in [0.15, 0.2) is 23.2 Å². The van der Waals surface area contributed by atoms with Crippen molar-refractivity contribution < 1.29 is 17.9 Å². The van der Waals surface area contributed by atoms with Gasteiger partial charge in [-0.25, -0.2) is 18.1 Å². The van der Waals surface area contributed by atoms with Gasteiger partial charge in [-0.1, -0.05) is 0 Å². The molecule has 0 aliphatic rings. The number of nitrogens with one attached hydrogen (secondary N) is 2. The summed E-state index contributed by atoms with van der Waals surface area (Å²) in [6.45, 7) is 0.455. The van der Waals surface area contributed by atoms with E-state index in [4.69, 9.17) is 9.47 Å². The average Bonchev–Trinajstić information content (AvgIpc) is 2.43. The molecule has 2 N–H and O–H groups in total. The molecule has 0 amide bonds. The minimum Gasteiger partial charge on any atom is -0.382 e. The quantitative estimate of drug-likeness (QED) is 0.703. The summed E-state index contributed by atoms with van der Waals surface area (Å²) in [6, 6.07) is 3.08. The number of hydrogen-bond acceptors (Lipinski definition) is 6. The zero-order valence-electron chi connectivity index (χ0n) is 11.2. The molecule has 0 aliphatic heterocycles. The summed E-state index contributed by atoms with van der Waals surface area (Å²) >= 11 is 0. The van der Waals surface area contributed by atoms with E-state index in [1.807, 2.05) is 0 Å². The van der Waals surface area contributed by atoms with E-state index in [2.05, 4.69) is 15.0 Å². The number of methoxy groups -OCH3 is 2. The fraction of sp³-hybridized carbons (Fsp3) is 0.545. The van der Waals surface area contributed by atoms with Crippen molar-refractivity contribution in [3.05, 3.63) is 18.3 Å². The summed E-state index contributed by atoms with van der Waals surface area (Å²) in [5, 5.41) is 2.82. The molecule has 1 unspecified atom stereocenters. The molecule has 1 atom stereocenters. The highest BCUT2D eigenvalue weighted by Gasteiger charge is 2.17. The van der Waals surface area contributed by atoms with Crippen molar-refractivity contribution in [2.45, 2.75) is 11.0 Å². The number of aromatic nitrogens is 1. The Morgan fingerprint density at radius 3 is 2.58 bits per heavy atom. The van der Waals surface area contributed by atoms with Crippen LogP contribution in [0.5, 0.6) is 0 Å². The predicted octanol–water partition coefficient (Wildman–Crippen LogP) is 0.0630. The number of nitrogens with zero attached hydrogens (tertiary/aromatic N) is 1. The number of anilines is 1. The minimum absolute atomic E-state index is 0.110. The number of sulfonamides is 1. The lowest BCUT2D eigenvalue weighted by Crippen LogP contribution is -2.35. The van der Waals surface area contributed by atoms with Crippen LogP contribution < -0.4 is 10.0 Å². The maximum Gasteiger partial charge on any atom is 0.242 e. The highest BCUT2D eigenvalue weighted by atomic mass is 32.2. The first kappa shape index (κ1) is 15.8. The first-order valence-electron chi connectivity index (χ1n) is 5.68. The molecule has 7 nitrogen and oxygen atoms in total. The fourth-order valence-corrected chi connectivity index (χ4v) is 2.38. The number of rotatable bonds is 8. The summed E-state index contributed by atoms with van der Waals surface area (Å²) in [6.07, 6.45) is 0.969. The van der Waals surface area contributed by atoms with Crippen LogP contribution in [-0.4, -0.2) is 53.9 Å². The van der Waals surface area contributed by atoms with Crippen molar-refractivity contribution in [1.29, 1.82) is 0 Å². The van der Waals surface area contributed by atoms with Gasteiger partial charge in [0.15, 0.2) is 0 Å². The highest BCUT2D eigenvalue weighted by molar-refractivity contribution is 7.89. The Kier molecular flexibility index (Phi) is 6.16. The van der Waals surface area contributed by atoms with E-state index in [1.54, 1.807) is 13.1 Å². The van der Waals surface area contributed by atoms with E-state index < -0.39 is 10.0 Å². The van der Waals surface area contributed by atoms with Crippen LogP contribution in [0.4, 0.5) is 5.82 Å². The standard InChI is InChI=1S/C11H19N3O4S/c1-12-11-5-4-10(7-13-11)19(15,16)14-6-9(18-3)8-17-2/h4-5,7,9,14H,6,8H2,1-3H3,(H,12,13). The Balaban J connectivity index is 2.69. The molecule has 1 aromatic rings. The van der Waals surface area contributed by atoms with Crippen molar-refractivity contribution in [2.24, 2.45) is 0 Å². The molecular weight excluding hydrogens is 270 g/mol.